The van der Waals surface area contributed by atoms with Crippen LogP contribution in [0.2, 0.25) is 0 Å². The monoisotopic (exact) mass is 433 g/mol. The third-order valence-corrected chi connectivity index (χ3v) is 6.89. The van der Waals surface area contributed by atoms with Crippen LogP contribution in [0.15, 0.2) is 23.1 Å². The largest absolute Gasteiger partial charge is 0.492 e. The van der Waals surface area contributed by atoms with E-state index in [2.05, 4.69) is 17.6 Å². The molecule has 1 fully saturated rings. The summed E-state index contributed by atoms with van der Waals surface area (Å²) in [6.07, 6.45) is 1.52. The zero-order valence-electron chi connectivity index (χ0n) is 17.0. The number of nitrogens with zero attached hydrogens (tertiary/aromatic N) is 1. The van der Waals surface area contributed by atoms with Crippen LogP contribution in [0.25, 0.3) is 0 Å². The molecule has 2 rings (SSSR count). The van der Waals surface area contributed by atoms with Crippen LogP contribution in [0.4, 0.5) is 5.69 Å². The Balaban J connectivity index is 0.00000392. The molecule has 0 radical (unpaired) electrons. The minimum absolute atomic E-state index is 0. The number of carbonyl (C=O) groups excluding carboxylic acids is 1. The van der Waals surface area contributed by atoms with Gasteiger partial charge in [-0.05, 0) is 51.4 Å². The van der Waals surface area contributed by atoms with E-state index >= 15 is 0 Å². The minimum atomic E-state index is -3.61. The van der Waals surface area contributed by atoms with Gasteiger partial charge in [0, 0.05) is 25.0 Å². The lowest BCUT2D eigenvalue weighted by Gasteiger charge is -2.27. The standard InChI is InChI=1S/C19H31N3O4S.ClH/c1-5-22(6-2)27(24,25)16-8-9-18(26-7-3)17(13-16)21-19(23)15-10-11-20-14(4)12-15;/h8-9,13-15,20H,5-7,10-12H2,1-4H3,(H,21,23);1H/t14-,15-;/m0./s1. The second-order valence-electron chi connectivity index (χ2n) is 6.75. The molecule has 1 aliphatic rings. The number of hydrogen-bond donors (Lipinski definition) is 2. The summed E-state index contributed by atoms with van der Waals surface area (Å²) in [5, 5.41) is 6.23. The highest BCUT2D eigenvalue weighted by Gasteiger charge is 2.27. The van der Waals surface area contributed by atoms with Gasteiger partial charge in [-0.3, -0.25) is 4.79 Å². The van der Waals surface area contributed by atoms with Crippen LogP contribution >= 0.6 is 12.4 Å². The smallest absolute Gasteiger partial charge is 0.243 e. The molecule has 1 aromatic carbocycles. The molecule has 1 heterocycles. The molecule has 160 valence electrons. The highest BCUT2D eigenvalue weighted by atomic mass is 35.5. The summed E-state index contributed by atoms with van der Waals surface area (Å²) in [6.45, 7) is 9.51. The molecule has 9 heteroatoms. The minimum Gasteiger partial charge on any atom is -0.492 e. The summed E-state index contributed by atoms with van der Waals surface area (Å²) in [5.41, 5.74) is 0.404. The Bertz CT molecular complexity index is 754. The van der Waals surface area contributed by atoms with Crippen molar-refractivity contribution in [3.8, 4) is 5.75 Å². The molecule has 0 aliphatic carbocycles. The van der Waals surface area contributed by atoms with E-state index < -0.39 is 10.0 Å². The number of rotatable bonds is 8. The van der Waals surface area contributed by atoms with Gasteiger partial charge in [-0.2, -0.15) is 4.31 Å². The van der Waals surface area contributed by atoms with E-state index in [1.807, 2.05) is 6.92 Å². The Hall–Kier alpha value is -1.35. The van der Waals surface area contributed by atoms with Gasteiger partial charge < -0.3 is 15.4 Å². The van der Waals surface area contributed by atoms with E-state index in [9.17, 15) is 13.2 Å². The number of nitrogens with one attached hydrogen (secondary N) is 2. The Labute approximate surface area is 174 Å². The van der Waals surface area contributed by atoms with E-state index in [1.54, 1.807) is 19.9 Å². The topological polar surface area (TPSA) is 87.7 Å². The average molecular weight is 434 g/mol. The number of sulfonamides is 1. The highest BCUT2D eigenvalue weighted by Crippen LogP contribution is 2.30. The van der Waals surface area contributed by atoms with E-state index in [4.69, 9.17) is 4.74 Å². The third kappa shape index (κ3) is 5.83. The number of benzene rings is 1. The van der Waals surface area contributed by atoms with Gasteiger partial charge in [0.15, 0.2) is 0 Å². The molecular formula is C19H32ClN3O4S. The van der Waals surface area contributed by atoms with Crippen molar-refractivity contribution in [1.82, 2.24) is 9.62 Å². The first-order valence-corrected chi connectivity index (χ1v) is 11.1. The van der Waals surface area contributed by atoms with Crippen LogP contribution in [0, 0.1) is 5.92 Å². The molecule has 0 saturated carbocycles. The van der Waals surface area contributed by atoms with Gasteiger partial charge in [0.2, 0.25) is 15.9 Å². The summed E-state index contributed by atoms with van der Waals surface area (Å²) < 4.78 is 32.6. The Kier molecular flexibility index (Phi) is 9.69. The fraction of sp³-hybridized carbons (Fsp3) is 0.632. The van der Waals surface area contributed by atoms with E-state index in [0.717, 1.165) is 19.4 Å². The second-order valence-corrected chi connectivity index (χ2v) is 8.68. The zero-order chi connectivity index (χ0) is 20.0. The molecule has 28 heavy (non-hydrogen) atoms. The lowest BCUT2D eigenvalue weighted by Crippen LogP contribution is -2.40. The van der Waals surface area contributed by atoms with Crippen molar-refractivity contribution in [3.63, 3.8) is 0 Å². The number of hydrogen-bond acceptors (Lipinski definition) is 5. The predicted octanol–water partition coefficient (Wildman–Crippen LogP) is 2.86. The van der Waals surface area contributed by atoms with Crippen molar-refractivity contribution in [3.05, 3.63) is 18.2 Å². The summed E-state index contributed by atoms with van der Waals surface area (Å²) in [7, 11) is -3.61. The molecule has 1 aromatic rings. The lowest BCUT2D eigenvalue weighted by atomic mass is 9.92. The summed E-state index contributed by atoms with van der Waals surface area (Å²) in [6, 6.07) is 4.93. The van der Waals surface area contributed by atoms with E-state index in [-0.39, 0.29) is 35.2 Å². The number of carbonyl (C=O) groups is 1. The Morgan fingerprint density at radius 2 is 1.96 bits per heavy atom. The molecule has 2 N–H and O–H groups in total. The van der Waals surface area contributed by atoms with Crippen LogP contribution in [0.1, 0.15) is 40.5 Å². The molecule has 1 saturated heterocycles. The fourth-order valence-corrected chi connectivity index (χ4v) is 4.85. The van der Waals surface area contributed by atoms with Crippen molar-refractivity contribution >= 4 is 34.0 Å². The van der Waals surface area contributed by atoms with Gasteiger partial charge in [0.25, 0.3) is 0 Å². The Morgan fingerprint density at radius 3 is 2.54 bits per heavy atom. The van der Waals surface area contributed by atoms with Crippen molar-refractivity contribution in [2.75, 3.05) is 31.6 Å². The maximum absolute atomic E-state index is 12.8. The van der Waals surface area contributed by atoms with E-state index in [0.29, 0.717) is 31.1 Å². The molecule has 1 aliphatic heterocycles. The maximum Gasteiger partial charge on any atom is 0.243 e. The number of piperidine rings is 1. The number of halogens is 1. The summed E-state index contributed by atoms with van der Waals surface area (Å²) >= 11 is 0. The third-order valence-electron chi connectivity index (χ3n) is 4.85. The van der Waals surface area contributed by atoms with Crippen molar-refractivity contribution in [2.24, 2.45) is 5.92 Å². The molecule has 0 aromatic heterocycles. The van der Waals surface area contributed by atoms with E-state index in [1.165, 1.54) is 16.4 Å². The van der Waals surface area contributed by atoms with Crippen molar-refractivity contribution in [1.29, 1.82) is 0 Å². The maximum atomic E-state index is 12.8. The van der Waals surface area contributed by atoms with Crippen LogP contribution in [0.3, 0.4) is 0 Å². The Morgan fingerprint density at radius 1 is 1.29 bits per heavy atom. The van der Waals surface area contributed by atoms with Gasteiger partial charge in [0.05, 0.1) is 17.2 Å². The van der Waals surface area contributed by atoms with Crippen LogP contribution in [-0.4, -0.2) is 50.9 Å². The van der Waals surface area contributed by atoms with Crippen molar-refractivity contribution < 1.29 is 17.9 Å². The van der Waals surface area contributed by atoms with Crippen LogP contribution in [-0.2, 0) is 14.8 Å². The quantitative estimate of drug-likeness (QED) is 0.658. The predicted molar refractivity (Wildman–Crippen MR) is 114 cm³/mol. The van der Waals surface area contributed by atoms with Crippen molar-refractivity contribution in [2.45, 2.75) is 51.5 Å². The fourth-order valence-electron chi connectivity index (χ4n) is 3.37. The van der Waals surface area contributed by atoms with Gasteiger partial charge in [-0.15, -0.1) is 12.4 Å². The molecule has 0 bridgehead atoms. The molecule has 0 spiro atoms. The molecule has 7 nitrogen and oxygen atoms in total. The summed E-state index contributed by atoms with van der Waals surface area (Å²) in [4.78, 5) is 12.9. The first kappa shape index (κ1) is 24.7. The normalized spacial score (nSPS) is 19.8. The first-order chi connectivity index (χ1) is 12.8. The summed E-state index contributed by atoms with van der Waals surface area (Å²) in [5.74, 6) is 0.284. The SMILES string of the molecule is CCOc1ccc(S(=O)(=O)N(CC)CC)cc1NC(=O)[C@H]1CCN[C@@H](C)C1.Cl. The van der Waals surface area contributed by atoms with Gasteiger partial charge in [-0.1, -0.05) is 13.8 Å². The van der Waals surface area contributed by atoms with Gasteiger partial charge in [-0.25, -0.2) is 8.42 Å². The number of ether oxygens (including phenoxy) is 1. The molecule has 0 unspecified atom stereocenters. The van der Waals surface area contributed by atoms with Crippen LogP contribution < -0.4 is 15.4 Å². The highest BCUT2D eigenvalue weighted by molar-refractivity contribution is 7.89. The molecule has 1 amide bonds. The van der Waals surface area contributed by atoms with Gasteiger partial charge in [0.1, 0.15) is 5.75 Å². The number of anilines is 1. The lowest BCUT2D eigenvalue weighted by molar-refractivity contribution is -0.120. The van der Waals surface area contributed by atoms with Gasteiger partial charge >= 0.3 is 0 Å². The first-order valence-electron chi connectivity index (χ1n) is 9.64. The zero-order valence-corrected chi connectivity index (χ0v) is 18.7. The molecule has 2 atom stereocenters. The molecular weight excluding hydrogens is 402 g/mol. The number of amides is 1. The second kappa shape index (κ2) is 11.0. The van der Waals surface area contributed by atoms with Crippen LogP contribution in [0.5, 0.6) is 5.75 Å². The average Bonchev–Trinajstić information content (AvgIpc) is 2.64.